The van der Waals surface area contributed by atoms with Crippen LogP contribution < -0.4 is 0 Å². The fraction of sp³-hybridized carbons (Fsp3) is 0.600. The average molecular weight is 359 g/mol. The van der Waals surface area contributed by atoms with Gasteiger partial charge in [-0.05, 0) is 32.3 Å². The summed E-state index contributed by atoms with van der Waals surface area (Å²) >= 11 is 0. The fourth-order valence-corrected chi connectivity index (χ4v) is 4.04. The number of likely N-dealkylation sites (tertiary alicyclic amines) is 1. The summed E-state index contributed by atoms with van der Waals surface area (Å²) in [6.07, 6.45) is 1.37. The zero-order chi connectivity index (χ0) is 18.7. The van der Waals surface area contributed by atoms with Crippen molar-refractivity contribution in [3.8, 4) is 0 Å². The minimum atomic E-state index is -0.716. The Kier molecular flexibility index (Phi) is 5.63. The smallest absolute Gasteiger partial charge is 0.328 e. The number of carbonyl (C=O) groups is 2. The van der Waals surface area contributed by atoms with Crippen molar-refractivity contribution in [1.82, 2.24) is 14.7 Å². The zero-order valence-corrected chi connectivity index (χ0v) is 16.0. The van der Waals surface area contributed by atoms with Gasteiger partial charge in [-0.2, -0.15) is 0 Å². The van der Waals surface area contributed by atoms with Crippen LogP contribution in [0, 0.1) is 0 Å². The average Bonchev–Trinajstić information content (AvgIpc) is 2.83. The molecule has 6 heteroatoms. The van der Waals surface area contributed by atoms with E-state index in [1.54, 1.807) is 12.0 Å². The van der Waals surface area contributed by atoms with E-state index >= 15 is 0 Å². The molecular weight excluding hydrogens is 330 g/mol. The molecule has 2 aliphatic heterocycles. The van der Waals surface area contributed by atoms with Gasteiger partial charge in [-0.1, -0.05) is 30.3 Å². The van der Waals surface area contributed by atoms with Crippen molar-refractivity contribution in [3.05, 3.63) is 35.9 Å². The van der Waals surface area contributed by atoms with E-state index in [9.17, 15) is 9.59 Å². The zero-order valence-electron chi connectivity index (χ0n) is 16.0. The van der Waals surface area contributed by atoms with Gasteiger partial charge < -0.3 is 14.5 Å². The van der Waals surface area contributed by atoms with Gasteiger partial charge in [0, 0.05) is 32.8 Å². The first-order valence-corrected chi connectivity index (χ1v) is 9.40. The lowest BCUT2D eigenvalue weighted by molar-refractivity contribution is -0.136. The number of urea groups is 1. The van der Waals surface area contributed by atoms with E-state index in [2.05, 4.69) is 18.7 Å². The van der Waals surface area contributed by atoms with Crippen molar-refractivity contribution in [3.63, 3.8) is 0 Å². The van der Waals surface area contributed by atoms with E-state index in [1.807, 2.05) is 30.3 Å². The molecule has 0 saturated carbocycles. The van der Waals surface area contributed by atoms with Crippen LogP contribution in [0.4, 0.5) is 4.79 Å². The third kappa shape index (κ3) is 3.35. The number of carbonyl (C=O) groups excluding carboxylic acids is 2. The van der Waals surface area contributed by atoms with E-state index < -0.39 is 5.54 Å². The van der Waals surface area contributed by atoms with E-state index in [0.717, 1.165) is 18.7 Å². The Morgan fingerprint density at radius 2 is 1.77 bits per heavy atom. The normalized spacial score (nSPS) is 20.6. The number of rotatable bonds is 6. The van der Waals surface area contributed by atoms with Crippen LogP contribution in [0.5, 0.6) is 0 Å². The van der Waals surface area contributed by atoms with Crippen molar-refractivity contribution in [2.75, 3.05) is 33.4 Å². The molecule has 0 aliphatic carbocycles. The molecular formula is C20H29N3O3. The third-order valence-corrected chi connectivity index (χ3v) is 5.68. The fourth-order valence-electron chi connectivity index (χ4n) is 4.04. The Hall–Kier alpha value is -1.92. The van der Waals surface area contributed by atoms with Crippen LogP contribution in [0.1, 0.15) is 32.3 Å². The van der Waals surface area contributed by atoms with Gasteiger partial charge in [0.2, 0.25) is 0 Å². The molecule has 6 nitrogen and oxygen atoms in total. The highest BCUT2D eigenvalue weighted by atomic mass is 16.5. The molecule has 0 aromatic heterocycles. The van der Waals surface area contributed by atoms with Crippen LogP contribution in [-0.2, 0) is 16.1 Å². The van der Waals surface area contributed by atoms with Gasteiger partial charge in [-0.3, -0.25) is 9.69 Å². The lowest BCUT2D eigenvalue weighted by Gasteiger charge is -2.43. The van der Waals surface area contributed by atoms with E-state index in [4.69, 9.17) is 4.74 Å². The van der Waals surface area contributed by atoms with Crippen molar-refractivity contribution < 1.29 is 14.3 Å². The van der Waals surface area contributed by atoms with Crippen LogP contribution in [-0.4, -0.2) is 71.6 Å². The molecule has 2 fully saturated rings. The van der Waals surface area contributed by atoms with E-state index in [-0.39, 0.29) is 11.9 Å². The Morgan fingerprint density at radius 1 is 1.12 bits per heavy atom. The molecule has 1 aromatic carbocycles. The number of ether oxygens (including phenoxy) is 1. The highest BCUT2D eigenvalue weighted by Gasteiger charge is 2.57. The standard InChI is InChI=1S/C20H29N3O3/c1-16(2)21-11-9-20(10-12-21)18(24)22(13-14-26-3)19(25)23(20)15-17-7-5-4-6-8-17/h4-8,16H,9-15H2,1-3H3. The molecule has 142 valence electrons. The van der Waals surface area contributed by atoms with Crippen molar-refractivity contribution in [1.29, 1.82) is 0 Å². The number of benzene rings is 1. The molecule has 2 aliphatic rings. The maximum absolute atomic E-state index is 13.3. The first-order valence-electron chi connectivity index (χ1n) is 9.40. The van der Waals surface area contributed by atoms with Crippen LogP contribution in [0.15, 0.2) is 30.3 Å². The lowest BCUT2D eigenvalue weighted by atomic mass is 9.85. The van der Waals surface area contributed by atoms with Crippen LogP contribution in [0.25, 0.3) is 0 Å². The van der Waals surface area contributed by atoms with Gasteiger partial charge in [0.25, 0.3) is 5.91 Å². The molecule has 0 N–H and O–H groups in total. The third-order valence-electron chi connectivity index (χ3n) is 5.68. The van der Waals surface area contributed by atoms with Gasteiger partial charge in [0.05, 0.1) is 13.2 Å². The van der Waals surface area contributed by atoms with Gasteiger partial charge in [-0.15, -0.1) is 0 Å². The quantitative estimate of drug-likeness (QED) is 0.732. The summed E-state index contributed by atoms with van der Waals surface area (Å²) in [6, 6.07) is 10.2. The number of amides is 3. The monoisotopic (exact) mass is 359 g/mol. The lowest BCUT2D eigenvalue weighted by Crippen LogP contribution is -2.57. The van der Waals surface area contributed by atoms with E-state index in [1.165, 1.54) is 4.90 Å². The van der Waals surface area contributed by atoms with Gasteiger partial charge in [0.1, 0.15) is 5.54 Å². The van der Waals surface area contributed by atoms with Crippen molar-refractivity contribution in [2.45, 2.75) is 44.8 Å². The molecule has 2 saturated heterocycles. The summed E-state index contributed by atoms with van der Waals surface area (Å²) < 4.78 is 5.11. The number of nitrogens with zero attached hydrogens (tertiary/aromatic N) is 3. The molecule has 3 rings (SSSR count). The second-order valence-corrected chi connectivity index (χ2v) is 7.47. The second-order valence-electron chi connectivity index (χ2n) is 7.47. The van der Waals surface area contributed by atoms with Crippen molar-refractivity contribution >= 4 is 11.9 Å². The molecule has 2 heterocycles. The van der Waals surface area contributed by atoms with Gasteiger partial charge in [-0.25, -0.2) is 4.79 Å². The molecule has 0 unspecified atom stereocenters. The van der Waals surface area contributed by atoms with Crippen LogP contribution in [0.2, 0.25) is 0 Å². The minimum absolute atomic E-state index is 0.0566. The predicted octanol–water partition coefficient (Wildman–Crippen LogP) is 2.34. The maximum Gasteiger partial charge on any atom is 0.328 e. The second kappa shape index (κ2) is 7.76. The Morgan fingerprint density at radius 3 is 2.35 bits per heavy atom. The molecule has 0 radical (unpaired) electrons. The number of hydrogen-bond donors (Lipinski definition) is 0. The SMILES string of the molecule is COCCN1C(=O)N(Cc2ccccc2)C2(CCN(C(C)C)CC2)C1=O. The Labute approximate surface area is 155 Å². The van der Waals surface area contributed by atoms with Crippen LogP contribution >= 0.6 is 0 Å². The Bertz CT molecular complexity index is 639. The van der Waals surface area contributed by atoms with Crippen molar-refractivity contribution in [2.24, 2.45) is 0 Å². The molecule has 1 spiro atoms. The van der Waals surface area contributed by atoms with Crippen LogP contribution in [0.3, 0.4) is 0 Å². The van der Waals surface area contributed by atoms with Gasteiger partial charge in [0.15, 0.2) is 0 Å². The molecule has 1 aromatic rings. The summed E-state index contributed by atoms with van der Waals surface area (Å²) in [5.41, 5.74) is 0.333. The largest absolute Gasteiger partial charge is 0.383 e. The first-order chi connectivity index (χ1) is 12.5. The summed E-state index contributed by atoms with van der Waals surface area (Å²) in [5, 5.41) is 0. The highest BCUT2D eigenvalue weighted by molar-refractivity contribution is 6.07. The number of hydrogen-bond acceptors (Lipinski definition) is 4. The predicted molar refractivity (Wildman–Crippen MR) is 99.6 cm³/mol. The molecule has 3 amide bonds. The molecule has 0 bridgehead atoms. The summed E-state index contributed by atoms with van der Waals surface area (Å²) in [4.78, 5) is 31.9. The summed E-state index contributed by atoms with van der Waals surface area (Å²) in [6.45, 7) is 7.16. The number of methoxy groups -OCH3 is 1. The summed E-state index contributed by atoms with van der Waals surface area (Å²) in [5.74, 6) is -0.0566. The molecule has 26 heavy (non-hydrogen) atoms. The summed E-state index contributed by atoms with van der Waals surface area (Å²) in [7, 11) is 1.59. The first kappa shape index (κ1) is 18.9. The molecule has 0 atom stereocenters. The number of imide groups is 1. The van der Waals surface area contributed by atoms with Gasteiger partial charge >= 0.3 is 6.03 Å². The maximum atomic E-state index is 13.3. The minimum Gasteiger partial charge on any atom is -0.383 e. The number of piperidine rings is 1. The highest BCUT2D eigenvalue weighted by Crippen LogP contribution is 2.38. The topological polar surface area (TPSA) is 53.1 Å². The Balaban J connectivity index is 1.87. The van der Waals surface area contributed by atoms with E-state index in [0.29, 0.717) is 38.6 Å².